The molecule has 4 rings (SSSR count). The van der Waals surface area contributed by atoms with Crippen LogP contribution in [0.3, 0.4) is 0 Å². The minimum absolute atomic E-state index is 0.665. The Balaban J connectivity index is 1.72. The summed E-state index contributed by atoms with van der Waals surface area (Å²) < 4.78 is 4.58. The summed E-state index contributed by atoms with van der Waals surface area (Å²) in [4.78, 5) is 4.16. The molecule has 1 saturated carbocycles. The Kier molecular flexibility index (Phi) is 3.20. The van der Waals surface area contributed by atoms with E-state index >= 15 is 0 Å². The van der Waals surface area contributed by atoms with Gasteiger partial charge in [-0.25, -0.2) is 0 Å². The van der Waals surface area contributed by atoms with Crippen LogP contribution in [-0.2, 0) is 0 Å². The van der Waals surface area contributed by atoms with Crippen LogP contribution in [0.1, 0.15) is 18.4 Å². The molecule has 1 aromatic heterocycles. The van der Waals surface area contributed by atoms with Crippen molar-refractivity contribution in [1.82, 2.24) is 4.98 Å². The molecule has 1 fully saturated rings. The lowest BCUT2D eigenvalue weighted by atomic mass is 10.0. The average molecular weight is 308 g/mol. The van der Waals surface area contributed by atoms with Crippen molar-refractivity contribution in [2.24, 2.45) is 5.92 Å². The zero-order valence-corrected chi connectivity index (χ0v) is 13.2. The van der Waals surface area contributed by atoms with Gasteiger partial charge in [-0.15, -0.1) is 0 Å². The third-order valence-electron chi connectivity index (χ3n) is 4.18. The fourth-order valence-corrected chi connectivity index (χ4v) is 3.83. The largest absolute Gasteiger partial charge is 0.300 e. The van der Waals surface area contributed by atoms with Crippen molar-refractivity contribution in [3.05, 3.63) is 42.2 Å². The molecule has 0 saturated heterocycles. The topological polar surface area (TPSA) is 43.2 Å². The summed E-state index contributed by atoms with van der Waals surface area (Å²) in [5.74, 6) is 0.857. The standard InChI is InChI=1S/C17H16N4S/c1-20-17-8-13(15-10-19-7-6-14(15)9-18)4-5-16(17)21(22-20)11-12-2-3-12/h4-8,10,12H,2-3,11H2,1H3. The van der Waals surface area contributed by atoms with E-state index in [-0.39, 0.29) is 0 Å². The first-order valence-corrected chi connectivity index (χ1v) is 8.17. The van der Waals surface area contributed by atoms with Gasteiger partial charge >= 0.3 is 0 Å². The van der Waals surface area contributed by atoms with Crippen molar-refractivity contribution in [2.45, 2.75) is 12.8 Å². The fraction of sp³-hybridized carbons (Fsp3) is 0.294. The molecule has 2 aliphatic rings. The zero-order valence-electron chi connectivity index (χ0n) is 12.4. The van der Waals surface area contributed by atoms with Crippen molar-refractivity contribution in [2.75, 3.05) is 22.2 Å². The highest BCUT2D eigenvalue weighted by atomic mass is 32.2. The molecule has 2 aromatic rings. The van der Waals surface area contributed by atoms with E-state index < -0.39 is 0 Å². The SMILES string of the molecule is CN1SN(CC2CC2)c2ccc(-c3cnccc3C#N)cc21. The minimum Gasteiger partial charge on any atom is -0.300 e. The fourth-order valence-electron chi connectivity index (χ4n) is 2.78. The molecule has 0 amide bonds. The first-order valence-electron chi connectivity index (χ1n) is 7.44. The van der Waals surface area contributed by atoms with Gasteiger partial charge in [0.05, 0.1) is 35.1 Å². The quantitative estimate of drug-likeness (QED) is 0.806. The molecule has 0 radical (unpaired) electrons. The number of anilines is 2. The summed E-state index contributed by atoms with van der Waals surface area (Å²) in [5.41, 5.74) is 5.08. The van der Waals surface area contributed by atoms with E-state index in [2.05, 4.69) is 44.9 Å². The van der Waals surface area contributed by atoms with E-state index in [0.717, 1.165) is 23.6 Å². The van der Waals surface area contributed by atoms with Crippen molar-refractivity contribution in [1.29, 1.82) is 5.26 Å². The van der Waals surface area contributed by atoms with Gasteiger partial charge < -0.3 is 0 Å². The number of nitrogens with zero attached hydrogens (tertiary/aromatic N) is 4. The summed E-state index contributed by atoms with van der Waals surface area (Å²) in [6.07, 6.45) is 6.14. The third-order valence-corrected chi connectivity index (χ3v) is 5.16. The zero-order chi connectivity index (χ0) is 15.1. The van der Waals surface area contributed by atoms with Crippen LogP contribution in [0.15, 0.2) is 36.7 Å². The molecule has 110 valence electrons. The normalized spacial score (nSPS) is 16.5. The second-order valence-electron chi connectivity index (χ2n) is 5.82. The highest BCUT2D eigenvalue weighted by molar-refractivity contribution is 8.02. The van der Waals surface area contributed by atoms with Gasteiger partial charge in [0.1, 0.15) is 0 Å². The monoisotopic (exact) mass is 308 g/mol. The third kappa shape index (κ3) is 2.30. The van der Waals surface area contributed by atoms with Gasteiger partial charge in [0, 0.05) is 31.5 Å². The minimum atomic E-state index is 0.665. The molecule has 1 aromatic carbocycles. The van der Waals surface area contributed by atoms with Gasteiger partial charge in [-0.3, -0.25) is 13.6 Å². The molecule has 0 unspecified atom stereocenters. The summed E-state index contributed by atoms with van der Waals surface area (Å²) in [7, 11) is 2.09. The molecular formula is C17H16N4S. The van der Waals surface area contributed by atoms with Gasteiger partial charge in [-0.2, -0.15) is 5.26 Å². The molecule has 1 aliphatic heterocycles. The number of pyridine rings is 1. The number of aromatic nitrogens is 1. The molecule has 2 heterocycles. The Morgan fingerprint density at radius 1 is 1.32 bits per heavy atom. The van der Waals surface area contributed by atoms with Crippen LogP contribution in [0.5, 0.6) is 0 Å². The number of hydrogen-bond donors (Lipinski definition) is 0. The van der Waals surface area contributed by atoms with E-state index in [1.54, 1.807) is 30.6 Å². The highest BCUT2D eigenvalue weighted by Crippen LogP contribution is 2.47. The Morgan fingerprint density at radius 2 is 2.18 bits per heavy atom. The van der Waals surface area contributed by atoms with Crippen LogP contribution in [0.25, 0.3) is 11.1 Å². The number of nitriles is 1. The predicted octanol–water partition coefficient (Wildman–Crippen LogP) is 3.85. The summed E-state index contributed by atoms with van der Waals surface area (Å²) >= 11 is 1.76. The summed E-state index contributed by atoms with van der Waals surface area (Å²) in [5, 5.41) is 9.27. The molecule has 0 spiro atoms. The Bertz CT molecular complexity index is 763. The van der Waals surface area contributed by atoms with E-state index in [9.17, 15) is 5.26 Å². The number of rotatable bonds is 3. The van der Waals surface area contributed by atoms with Crippen LogP contribution in [-0.4, -0.2) is 18.6 Å². The molecule has 0 atom stereocenters. The second kappa shape index (κ2) is 5.22. The molecule has 1 aliphatic carbocycles. The predicted molar refractivity (Wildman–Crippen MR) is 90.5 cm³/mol. The smallest absolute Gasteiger partial charge is 0.0999 e. The number of hydrogen-bond acceptors (Lipinski definition) is 5. The second-order valence-corrected chi connectivity index (χ2v) is 6.97. The Labute approximate surface area is 134 Å². The molecule has 5 heteroatoms. The van der Waals surface area contributed by atoms with Crippen molar-refractivity contribution in [3.8, 4) is 17.2 Å². The van der Waals surface area contributed by atoms with Crippen LogP contribution in [0.4, 0.5) is 11.4 Å². The number of fused-ring (bicyclic) bond motifs is 1. The lowest BCUT2D eigenvalue weighted by molar-refractivity contribution is 0.852. The lowest BCUT2D eigenvalue weighted by Gasteiger charge is -2.16. The van der Waals surface area contributed by atoms with E-state index in [1.807, 2.05) is 0 Å². The molecule has 0 N–H and O–H groups in total. The van der Waals surface area contributed by atoms with Crippen molar-refractivity contribution >= 4 is 23.5 Å². The van der Waals surface area contributed by atoms with Crippen LogP contribution >= 0.6 is 12.1 Å². The molecular weight excluding hydrogens is 292 g/mol. The molecule has 4 nitrogen and oxygen atoms in total. The highest BCUT2D eigenvalue weighted by Gasteiger charge is 2.31. The summed E-state index contributed by atoms with van der Waals surface area (Å²) in [6, 6.07) is 10.4. The summed E-state index contributed by atoms with van der Waals surface area (Å²) in [6.45, 7) is 1.12. The van der Waals surface area contributed by atoms with Gasteiger partial charge in [-0.05, 0) is 42.5 Å². The number of benzene rings is 1. The maximum Gasteiger partial charge on any atom is 0.0999 e. The van der Waals surface area contributed by atoms with Gasteiger partial charge in [0.2, 0.25) is 0 Å². The van der Waals surface area contributed by atoms with E-state index in [0.29, 0.717) is 5.56 Å². The molecule has 0 bridgehead atoms. The van der Waals surface area contributed by atoms with Crippen LogP contribution in [0, 0.1) is 17.2 Å². The maximum atomic E-state index is 9.27. The molecule has 22 heavy (non-hydrogen) atoms. The Morgan fingerprint density at radius 3 is 2.95 bits per heavy atom. The van der Waals surface area contributed by atoms with Crippen molar-refractivity contribution in [3.63, 3.8) is 0 Å². The van der Waals surface area contributed by atoms with E-state index in [4.69, 9.17) is 0 Å². The van der Waals surface area contributed by atoms with Gasteiger partial charge in [0.25, 0.3) is 0 Å². The van der Waals surface area contributed by atoms with E-state index in [1.165, 1.54) is 24.2 Å². The average Bonchev–Trinajstić information content (AvgIpc) is 3.32. The lowest BCUT2D eigenvalue weighted by Crippen LogP contribution is -2.16. The van der Waals surface area contributed by atoms with Gasteiger partial charge in [-0.1, -0.05) is 6.07 Å². The van der Waals surface area contributed by atoms with Crippen molar-refractivity contribution < 1.29 is 0 Å². The first-order chi connectivity index (χ1) is 10.8. The Hall–Kier alpha value is -2.19. The van der Waals surface area contributed by atoms with Crippen LogP contribution in [0.2, 0.25) is 0 Å². The maximum absolute atomic E-state index is 9.27. The van der Waals surface area contributed by atoms with Crippen LogP contribution < -0.4 is 8.61 Å². The van der Waals surface area contributed by atoms with Gasteiger partial charge in [0.15, 0.2) is 0 Å². The first kappa shape index (κ1) is 13.5.